The van der Waals surface area contributed by atoms with Gasteiger partial charge in [-0.05, 0) is 37.5 Å². The van der Waals surface area contributed by atoms with E-state index in [1.54, 1.807) is 0 Å². The van der Waals surface area contributed by atoms with Gasteiger partial charge in [-0.1, -0.05) is 19.1 Å². The fourth-order valence-corrected chi connectivity index (χ4v) is 4.16. The van der Waals surface area contributed by atoms with Crippen LogP contribution in [-0.2, 0) is 24.1 Å². The molecule has 1 aromatic carbocycles. The van der Waals surface area contributed by atoms with E-state index in [-0.39, 0.29) is 12.0 Å². The van der Waals surface area contributed by atoms with Crippen LogP contribution in [0.5, 0.6) is 5.75 Å². The summed E-state index contributed by atoms with van der Waals surface area (Å²) in [6, 6.07) is 8.37. The van der Waals surface area contributed by atoms with Gasteiger partial charge in [-0.15, -0.1) is 0 Å². The topological polar surface area (TPSA) is 58.6 Å². The van der Waals surface area contributed by atoms with Gasteiger partial charge < -0.3 is 14.5 Å². The Morgan fingerprint density at radius 1 is 1.17 bits per heavy atom. The summed E-state index contributed by atoms with van der Waals surface area (Å²) < 4.78 is 5.76. The van der Waals surface area contributed by atoms with Crippen molar-refractivity contribution in [2.75, 3.05) is 31.1 Å². The largest absolute Gasteiger partial charge is 0.490 e. The Morgan fingerprint density at radius 3 is 2.72 bits per heavy atom. The first-order valence-corrected chi connectivity index (χ1v) is 10.7. The van der Waals surface area contributed by atoms with Crippen molar-refractivity contribution in [3.63, 3.8) is 0 Å². The molecule has 4 rings (SSSR count). The van der Waals surface area contributed by atoms with Crippen LogP contribution in [0.25, 0.3) is 0 Å². The van der Waals surface area contributed by atoms with Crippen molar-refractivity contribution in [1.82, 2.24) is 14.9 Å². The first-order valence-electron chi connectivity index (χ1n) is 10.7. The number of nitrogens with zero attached hydrogens (tertiary/aromatic N) is 4. The minimum absolute atomic E-state index is 0.239. The highest BCUT2D eigenvalue weighted by molar-refractivity contribution is 5.76. The van der Waals surface area contributed by atoms with E-state index in [2.05, 4.69) is 40.8 Å². The Bertz CT molecular complexity index is 890. The quantitative estimate of drug-likeness (QED) is 0.780. The van der Waals surface area contributed by atoms with E-state index in [4.69, 9.17) is 4.74 Å². The normalized spacial score (nSPS) is 18.5. The van der Waals surface area contributed by atoms with Gasteiger partial charge in [0.2, 0.25) is 5.91 Å². The van der Waals surface area contributed by atoms with Gasteiger partial charge in [0.15, 0.2) is 0 Å². The molecule has 0 N–H and O–H groups in total. The molecule has 154 valence electrons. The standard InChI is InChI=1S/C23H30N4O2/c1-4-21-24-16(2)13-22(25-21)26-9-11-27(12-10-26)23(28)8-6-18-5-7-20-19(15-18)14-17(3)29-20/h5,7,13,15,17H,4,6,8-12,14H2,1-3H3. The second-order valence-corrected chi connectivity index (χ2v) is 8.08. The molecule has 1 aromatic heterocycles. The van der Waals surface area contributed by atoms with E-state index >= 15 is 0 Å². The highest BCUT2D eigenvalue weighted by atomic mass is 16.5. The van der Waals surface area contributed by atoms with Gasteiger partial charge >= 0.3 is 0 Å². The molecule has 1 saturated heterocycles. The van der Waals surface area contributed by atoms with E-state index < -0.39 is 0 Å². The van der Waals surface area contributed by atoms with Crippen LogP contribution in [0.1, 0.15) is 42.9 Å². The van der Waals surface area contributed by atoms with E-state index in [9.17, 15) is 4.79 Å². The highest BCUT2D eigenvalue weighted by Gasteiger charge is 2.23. The van der Waals surface area contributed by atoms with Crippen LogP contribution in [0.2, 0.25) is 0 Å². The molecule has 1 atom stereocenters. The summed E-state index contributed by atoms with van der Waals surface area (Å²) >= 11 is 0. The predicted octanol–water partition coefficient (Wildman–Crippen LogP) is 2.95. The molecule has 0 radical (unpaired) electrons. The van der Waals surface area contributed by atoms with Gasteiger partial charge in [-0.2, -0.15) is 0 Å². The Balaban J connectivity index is 1.29. The number of carbonyl (C=O) groups is 1. The Kier molecular flexibility index (Phi) is 5.69. The summed E-state index contributed by atoms with van der Waals surface area (Å²) in [7, 11) is 0. The molecular weight excluding hydrogens is 364 g/mol. The van der Waals surface area contributed by atoms with Gasteiger partial charge in [0.25, 0.3) is 0 Å². The van der Waals surface area contributed by atoms with Crippen molar-refractivity contribution in [3.05, 3.63) is 46.9 Å². The number of anilines is 1. The Morgan fingerprint density at radius 2 is 1.97 bits per heavy atom. The maximum atomic E-state index is 12.7. The summed E-state index contributed by atoms with van der Waals surface area (Å²) in [4.78, 5) is 26.1. The summed E-state index contributed by atoms with van der Waals surface area (Å²) in [5.74, 6) is 3.10. The molecule has 1 amide bonds. The summed E-state index contributed by atoms with van der Waals surface area (Å²) in [5.41, 5.74) is 3.49. The third kappa shape index (κ3) is 4.52. The van der Waals surface area contributed by atoms with Crippen molar-refractivity contribution < 1.29 is 9.53 Å². The molecular formula is C23H30N4O2. The molecule has 6 heteroatoms. The fourth-order valence-electron chi connectivity index (χ4n) is 4.16. The molecule has 0 saturated carbocycles. The van der Waals surface area contributed by atoms with Gasteiger partial charge in [0.05, 0.1) is 0 Å². The predicted molar refractivity (Wildman–Crippen MR) is 113 cm³/mol. The average Bonchev–Trinajstić information content (AvgIpc) is 3.10. The summed E-state index contributed by atoms with van der Waals surface area (Å²) in [5, 5.41) is 0. The number of amides is 1. The van der Waals surface area contributed by atoms with Crippen LogP contribution in [-0.4, -0.2) is 53.1 Å². The lowest BCUT2D eigenvalue weighted by molar-refractivity contribution is -0.131. The minimum Gasteiger partial charge on any atom is -0.490 e. The third-order valence-electron chi connectivity index (χ3n) is 5.75. The maximum absolute atomic E-state index is 12.7. The van der Waals surface area contributed by atoms with Crippen molar-refractivity contribution in [2.45, 2.75) is 52.6 Å². The van der Waals surface area contributed by atoms with Gasteiger partial charge in [-0.25, -0.2) is 9.97 Å². The number of fused-ring (bicyclic) bond motifs is 1. The number of hydrogen-bond acceptors (Lipinski definition) is 5. The molecule has 1 fully saturated rings. The molecule has 0 aliphatic carbocycles. The number of ether oxygens (including phenoxy) is 1. The van der Waals surface area contributed by atoms with E-state index in [1.807, 2.05) is 24.0 Å². The van der Waals surface area contributed by atoms with Gasteiger partial charge in [0.1, 0.15) is 23.5 Å². The first-order chi connectivity index (χ1) is 14.0. The number of piperazine rings is 1. The minimum atomic E-state index is 0.239. The lowest BCUT2D eigenvalue weighted by Gasteiger charge is -2.35. The van der Waals surface area contributed by atoms with Crippen LogP contribution in [0.4, 0.5) is 5.82 Å². The van der Waals surface area contributed by atoms with Crippen molar-refractivity contribution in [2.24, 2.45) is 0 Å². The molecule has 3 heterocycles. The highest BCUT2D eigenvalue weighted by Crippen LogP contribution is 2.29. The van der Waals surface area contributed by atoms with Gasteiger partial charge in [0, 0.05) is 57.2 Å². The van der Waals surface area contributed by atoms with E-state index in [1.165, 1.54) is 11.1 Å². The zero-order valence-corrected chi connectivity index (χ0v) is 17.6. The molecule has 2 aliphatic heterocycles. The monoisotopic (exact) mass is 394 g/mol. The number of hydrogen-bond donors (Lipinski definition) is 0. The van der Waals surface area contributed by atoms with E-state index in [0.29, 0.717) is 6.42 Å². The lowest BCUT2D eigenvalue weighted by Crippen LogP contribution is -2.49. The molecule has 29 heavy (non-hydrogen) atoms. The smallest absolute Gasteiger partial charge is 0.223 e. The maximum Gasteiger partial charge on any atom is 0.223 e. The molecule has 2 aromatic rings. The van der Waals surface area contributed by atoms with Crippen molar-refractivity contribution >= 4 is 11.7 Å². The van der Waals surface area contributed by atoms with Crippen LogP contribution < -0.4 is 9.64 Å². The van der Waals surface area contributed by atoms with Crippen LogP contribution in [0, 0.1) is 6.92 Å². The second kappa shape index (κ2) is 8.39. The summed E-state index contributed by atoms with van der Waals surface area (Å²) in [6.45, 7) is 9.31. The van der Waals surface area contributed by atoms with Crippen molar-refractivity contribution in [3.8, 4) is 5.75 Å². The van der Waals surface area contributed by atoms with Crippen LogP contribution in [0.15, 0.2) is 24.3 Å². The average molecular weight is 395 g/mol. The van der Waals surface area contributed by atoms with Gasteiger partial charge in [-0.3, -0.25) is 4.79 Å². The second-order valence-electron chi connectivity index (χ2n) is 8.08. The SMILES string of the molecule is CCc1nc(C)cc(N2CCN(C(=O)CCc3ccc4c(c3)CC(C)O4)CC2)n1. The number of aryl methyl sites for hydroxylation is 3. The zero-order valence-electron chi connectivity index (χ0n) is 17.6. The number of aromatic nitrogens is 2. The van der Waals surface area contributed by atoms with Crippen molar-refractivity contribution in [1.29, 1.82) is 0 Å². The molecule has 0 spiro atoms. The zero-order chi connectivity index (χ0) is 20.4. The number of benzene rings is 1. The number of rotatable bonds is 5. The molecule has 6 nitrogen and oxygen atoms in total. The Hall–Kier alpha value is -2.63. The fraction of sp³-hybridized carbons (Fsp3) is 0.522. The molecule has 1 unspecified atom stereocenters. The lowest BCUT2D eigenvalue weighted by atomic mass is 10.0. The molecule has 2 aliphatic rings. The number of carbonyl (C=O) groups excluding carboxylic acids is 1. The summed E-state index contributed by atoms with van der Waals surface area (Å²) in [6.07, 6.45) is 3.39. The molecule has 0 bridgehead atoms. The van der Waals surface area contributed by atoms with Crippen LogP contribution in [0.3, 0.4) is 0 Å². The third-order valence-corrected chi connectivity index (χ3v) is 5.75. The van der Waals surface area contributed by atoms with E-state index in [0.717, 1.165) is 68.5 Å². The van der Waals surface area contributed by atoms with Crippen LogP contribution >= 0.6 is 0 Å². The first kappa shape index (κ1) is 19.7. The Labute approximate surface area is 172 Å².